The first-order valence-electron chi connectivity index (χ1n) is 7.58. The minimum Gasteiger partial charge on any atom is -0.465 e. The lowest BCUT2D eigenvalue weighted by Crippen LogP contribution is -2.45. The van der Waals surface area contributed by atoms with Crippen molar-refractivity contribution in [2.75, 3.05) is 14.2 Å². The van der Waals surface area contributed by atoms with Crippen LogP contribution in [0.5, 0.6) is 0 Å². The van der Waals surface area contributed by atoms with Crippen molar-refractivity contribution in [3.8, 4) is 0 Å². The van der Waals surface area contributed by atoms with Crippen molar-refractivity contribution in [3.63, 3.8) is 0 Å². The molecule has 1 amide bonds. The van der Waals surface area contributed by atoms with E-state index in [9.17, 15) is 9.59 Å². The summed E-state index contributed by atoms with van der Waals surface area (Å²) in [6.45, 7) is 0. The number of hydrogen-bond acceptors (Lipinski definition) is 4. The summed E-state index contributed by atoms with van der Waals surface area (Å²) in [5, 5.41) is 0. The highest BCUT2D eigenvalue weighted by atomic mass is 32.1. The van der Waals surface area contributed by atoms with Crippen LogP contribution in [-0.4, -0.2) is 31.4 Å². The molecule has 1 aromatic heterocycles. The Kier molecular flexibility index (Phi) is 4.22. The van der Waals surface area contributed by atoms with Crippen LogP contribution in [0.15, 0.2) is 36.4 Å². The van der Waals surface area contributed by atoms with Gasteiger partial charge in [0.1, 0.15) is 10.4 Å². The van der Waals surface area contributed by atoms with Gasteiger partial charge in [-0.2, -0.15) is 0 Å². The number of methoxy groups -OCH3 is 1. The molecular weight excluding hydrogens is 310 g/mol. The number of amides is 1. The van der Waals surface area contributed by atoms with Gasteiger partial charge in [0, 0.05) is 11.9 Å². The number of thiophene rings is 1. The van der Waals surface area contributed by atoms with Gasteiger partial charge in [-0.3, -0.25) is 4.79 Å². The zero-order valence-corrected chi connectivity index (χ0v) is 14.1. The number of rotatable bonds is 4. The molecule has 1 atom stereocenters. The summed E-state index contributed by atoms with van der Waals surface area (Å²) in [6.07, 6.45) is 3.61. The largest absolute Gasteiger partial charge is 0.465 e. The summed E-state index contributed by atoms with van der Waals surface area (Å²) in [5.74, 6) is -0.319. The van der Waals surface area contributed by atoms with Crippen LogP contribution in [0.25, 0.3) is 0 Å². The second-order valence-electron chi connectivity index (χ2n) is 5.75. The van der Waals surface area contributed by atoms with Crippen molar-refractivity contribution in [2.24, 2.45) is 0 Å². The van der Waals surface area contributed by atoms with Crippen LogP contribution in [0.2, 0.25) is 0 Å². The van der Waals surface area contributed by atoms with Crippen LogP contribution < -0.4 is 0 Å². The summed E-state index contributed by atoms with van der Waals surface area (Å²) in [4.78, 5) is 27.0. The highest BCUT2D eigenvalue weighted by molar-refractivity contribution is 7.14. The molecular formula is C18H19NO3S. The van der Waals surface area contributed by atoms with Crippen LogP contribution in [0.3, 0.4) is 0 Å². The number of aryl methyl sites for hydroxylation is 1. The molecule has 0 saturated carbocycles. The van der Waals surface area contributed by atoms with Gasteiger partial charge in [-0.05, 0) is 36.5 Å². The third-order valence-corrected chi connectivity index (χ3v) is 5.88. The number of ether oxygens (including phenoxy) is 1. The van der Waals surface area contributed by atoms with E-state index in [2.05, 4.69) is 0 Å². The van der Waals surface area contributed by atoms with E-state index in [0.717, 1.165) is 41.7 Å². The van der Waals surface area contributed by atoms with Crippen molar-refractivity contribution in [2.45, 2.75) is 24.8 Å². The van der Waals surface area contributed by atoms with E-state index in [1.807, 2.05) is 43.4 Å². The molecule has 1 aromatic carbocycles. The van der Waals surface area contributed by atoms with E-state index in [0.29, 0.717) is 4.88 Å². The molecule has 0 N–H and O–H groups in total. The molecule has 0 radical (unpaired) electrons. The summed E-state index contributed by atoms with van der Waals surface area (Å²) in [5.41, 5.74) is 1.71. The second kappa shape index (κ2) is 6.16. The van der Waals surface area contributed by atoms with E-state index in [4.69, 9.17) is 4.74 Å². The molecule has 0 saturated heterocycles. The third-order valence-electron chi connectivity index (χ3n) is 4.57. The van der Waals surface area contributed by atoms with Crippen molar-refractivity contribution >= 4 is 23.7 Å². The monoisotopic (exact) mass is 329 g/mol. The summed E-state index contributed by atoms with van der Waals surface area (Å²) in [6, 6.07) is 12.0. The Bertz CT molecular complexity index is 725. The molecule has 0 aliphatic heterocycles. The van der Waals surface area contributed by atoms with Crippen LogP contribution in [0, 0.1) is 0 Å². The molecule has 2 aromatic rings. The summed E-state index contributed by atoms with van der Waals surface area (Å²) >= 11 is 1.44. The highest BCUT2D eigenvalue weighted by Crippen LogP contribution is 2.47. The average Bonchev–Trinajstić information content (AvgIpc) is 3.05. The number of carbonyl (C=O) groups is 2. The van der Waals surface area contributed by atoms with Crippen molar-refractivity contribution < 1.29 is 14.3 Å². The predicted octanol–water partition coefficient (Wildman–Crippen LogP) is 3.20. The number of carbonyl (C=O) groups excluding carboxylic acids is 2. The number of benzene rings is 1. The smallest absolute Gasteiger partial charge is 0.348 e. The Balaban J connectivity index is 2.22. The standard InChI is InChI=1S/C18H19NO3S/c1-19(12-20)18(14-8-4-3-5-9-14)10-6-7-13-11-15(17(21)22-2)23-16(13)18/h3-5,8-9,11-12H,6-7,10H2,1-2H3. The molecule has 23 heavy (non-hydrogen) atoms. The fourth-order valence-corrected chi connectivity index (χ4v) is 4.85. The quantitative estimate of drug-likeness (QED) is 0.639. The first-order chi connectivity index (χ1) is 11.1. The maximum absolute atomic E-state index is 11.9. The summed E-state index contributed by atoms with van der Waals surface area (Å²) < 4.78 is 4.86. The fourth-order valence-electron chi connectivity index (χ4n) is 3.43. The Labute approximate surface area is 139 Å². The molecule has 5 heteroatoms. The van der Waals surface area contributed by atoms with Crippen molar-refractivity contribution in [1.29, 1.82) is 0 Å². The summed E-state index contributed by atoms with van der Waals surface area (Å²) in [7, 11) is 3.20. The zero-order valence-electron chi connectivity index (χ0n) is 13.2. The minimum absolute atomic E-state index is 0.319. The van der Waals surface area contributed by atoms with E-state index < -0.39 is 5.54 Å². The van der Waals surface area contributed by atoms with E-state index in [1.54, 1.807) is 4.90 Å². The van der Waals surface area contributed by atoms with Gasteiger partial charge in [-0.1, -0.05) is 30.3 Å². The molecule has 1 heterocycles. The molecule has 1 unspecified atom stereocenters. The van der Waals surface area contributed by atoms with Crippen LogP contribution in [0.1, 0.15) is 38.5 Å². The molecule has 0 fully saturated rings. The number of nitrogens with zero attached hydrogens (tertiary/aromatic N) is 1. The molecule has 0 spiro atoms. The molecule has 3 rings (SSSR count). The van der Waals surface area contributed by atoms with E-state index in [-0.39, 0.29) is 5.97 Å². The lowest BCUT2D eigenvalue weighted by molar-refractivity contribution is -0.121. The molecule has 1 aliphatic carbocycles. The first kappa shape index (κ1) is 15.7. The lowest BCUT2D eigenvalue weighted by atomic mass is 9.76. The van der Waals surface area contributed by atoms with Crippen molar-refractivity contribution in [3.05, 3.63) is 57.3 Å². The van der Waals surface area contributed by atoms with Gasteiger partial charge in [0.2, 0.25) is 6.41 Å². The van der Waals surface area contributed by atoms with Crippen LogP contribution >= 0.6 is 11.3 Å². The lowest BCUT2D eigenvalue weighted by Gasteiger charge is -2.43. The van der Waals surface area contributed by atoms with E-state index >= 15 is 0 Å². The molecule has 120 valence electrons. The Morgan fingerprint density at radius 3 is 2.74 bits per heavy atom. The Hall–Kier alpha value is -2.14. The number of esters is 1. The maximum atomic E-state index is 11.9. The topological polar surface area (TPSA) is 46.6 Å². The van der Waals surface area contributed by atoms with Gasteiger partial charge in [-0.15, -0.1) is 11.3 Å². The Morgan fingerprint density at radius 2 is 2.09 bits per heavy atom. The van der Waals surface area contributed by atoms with Gasteiger partial charge in [-0.25, -0.2) is 4.79 Å². The SMILES string of the molecule is COC(=O)c1cc2c(s1)C(c1ccccc1)(N(C)C=O)CCC2. The third kappa shape index (κ3) is 2.45. The van der Waals surface area contributed by atoms with Gasteiger partial charge in [0.05, 0.1) is 7.11 Å². The van der Waals surface area contributed by atoms with Gasteiger partial charge >= 0.3 is 5.97 Å². The first-order valence-corrected chi connectivity index (χ1v) is 8.40. The molecule has 4 nitrogen and oxygen atoms in total. The minimum atomic E-state index is -0.506. The zero-order chi connectivity index (χ0) is 16.4. The van der Waals surface area contributed by atoms with Crippen LogP contribution in [0.4, 0.5) is 0 Å². The van der Waals surface area contributed by atoms with Gasteiger partial charge < -0.3 is 9.64 Å². The maximum Gasteiger partial charge on any atom is 0.348 e. The fraction of sp³-hybridized carbons (Fsp3) is 0.333. The van der Waals surface area contributed by atoms with Crippen molar-refractivity contribution in [1.82, 2.24) is 4.90 Å². The number of fused-ring (bicyclic) bond motifs is 1. The number of hydrogen-bond donors (Lipinski definition) is 0. The average molecular weight is 329 g/mol. The predicted molar refractivity (Wildman–Crippen MR) is 89.6 cm³/mol. The molecule has 1 aliphatic rings. The van der Waals surface area contributed by atoms with Gasteiger partial charge in [0.25, 0.3) is 0 Å². The normalized spacial score (nSPS) is 19.7. The second-order valence-corrected chi connectivity index (χ2v) is 6.80. The Morgan fingerprint density at radius 1 is 1.35 bits per heavy atom. The highest BCUT2D eigenvalue weighted by Gasteiger charge is 2.43. The van der Waals surface area contributed by atoms with Gasteiger partial charge in [0.15, 0.2) is 0 Å². The van der Waals surface area contributed by atoms with Crippen LogP contribution in [-0.2, 0) is 21.5 Å². The molecule has 0 bridgehead atoms. The van der Waals surface area contributed by atoms with E-state index in [1.165, 1.54) is 18.4 Å².